The Hall–Kier alpha value is -1.35. The van der Waals surface area contributed by atoms with Crippen LogP contribution in [-0.4, -0.2) is 36.5 Å². The zero-order valence-electron chi connectivity index (χ0n) is 13.2. The Kier molecular flexibility index (Phi) is 4.29. The molecule has 1 heterocycles. The molecule has 1 aliphatic heterocycles. The molecule has 3 rings (SSSR count). The van der Waals surface area contributed by atoms with Crippen LogP contribution >= 0.6 is 0 Å². The van der Waals surface area contributed by atoms with E-state index in [1.54, 1.807) is 0 Å². The molecule has 1 saturated carbocycles. The summed E-state index contributed by atoms with van der Waals surface area (Å²) in [6, 6.07) is 6.61. The molecule has 3 heteroatoms. The van der Waals surface area contributed by atoms with Crippen molar-refractivity contribution in [2.45, 2.75) is 45.6 Å². The fourth-order valence-corrected chi connectivity index (χ4v) is 3.34. The highest BCUT2D eigenvalue weighted by Gasteiger charge is 2.30. The molecule has 1 saturated heterocycles. The standard InChI is InChI=1S/C18H26N2O/c1-13-5-3-6-14(2)17(13)18(21)20(11-15-8-9-15)12-16-7-4-10-19-16/h3,5-6,15-16,19H,4,7-12H2,1-2H3. The molecule has 3 nitrogen and oxygen atoms in total. The summed E-state index contributed by atoms with van der Waals surface area (Å²) in [6.07, 6.45) is 5.00. The van der Waals surface area contributed by atoms with E-state index in [1.165, 1.54) is 25.7 Å². The second-order valence-corrected chi connectivity index (χ2v) is 6.71. The smallest absolute Gasteiger partial charge is 0.254 e. The van der Waals surface area contributed by atoms with Gasteiger partial charge in [-0.15, -0.1) is 0 Å². The van der Waals surface area contributed by atoms with Gasteiger partial charge in [0, 0.05) is 24.7 Å². The number of hydrogen-bond acceptors (Lipinski definition) is 2. The predicted molar refractivity (Wildman–Crippen MR) is 85.6 cm³/mol. The average molecular weight is 286 g/mol. The van der Waals surface area contributed by atoms with Gasteiger partial charge in [0.05, 0.1) is 0 Å². The van der Waals surface area contributed by atoms with Crippen molar-refractivity contribution in [3.05, 3.63) is 34.9 Å². The third-order valence-electron chi connectivity index (χ3n) is 4.76. The van der Waals surface area contributed by atoms with Gasteiger partial charge in [-0.1, -0.05) is 18.2 Å². The number of hydrogen-bond donors (Lipinski definition) is 1. The quantitative estimate of drug-likeness (QED) is 0.902. The molecule has 0 spiro atoms. The summed E-state index contributed by atoms with van der Waals surface area (Å²) in [6.45, 7) is 6.99. The topological polar surface area (TPSA) is 32.3 Å². The van der Waals surface area contributed by atoms with Gasteiger partial charge in [-0.05, 0) is 63.1 Å². The summed E-state index contributed by atoms with van der Waals surface area (Å²) in [5, 5.41) is 3.52. The second-order valence-electron chi connectivity index (χ2n) is 6.71. The van der Waals surface area contributed by atoms with Crippen molar-refractivity contribution >= 4 is 5.91 Å². The fraction of sp³-hybridized carbons (Fsp3) is 0.611. The number of nitrogens with one attached hydrogen (secondary N) is 1. The summed E-state index contributed by atoms with van der Waals surface area (Å²) in [5.41, 5.74) is 3.11. The Morgan fingerprint density at radius 1 is 1.19 bits per heavy atom. The van der Waals surface area contributed by atoms with Gasteiger partial charge in [0.1, 0.15) is 0 Å². The summed E-state index contributed by atoms with van der Waals surface area (Å²) in [5.74, 6) is 0.964. The molecule has 1 atom stereocenters. The zero-order valence-corrected chi connectivity index (χ0v) is 13.2. The number of rotatable bonds is 5. The average Bonchev–Trinajstić information content (AvgIpc) is 3.11. The third-order valence-corrected chi connectivity index (χ3v) is 4.76. The first-order valence-corrected chi connectivity index (χ1v) is 8.24. The van der Waals surface area contributed by atoms with Gasteiger partial charge in [-0.3, -0.25) is 4.79 Å². The molecule has 2 aliphatic rings. The Balaban J connectivity index is 1.78. The first-order valence-electron chi connectivity index (χ1n) is 8.24. The van der Waals surface area contributed by atoms with E-state index >= 15 is 0 Å². The van der Waals surface area contributed by atoms with Gasteiger partial charge in [-0.25, -0.2) is 0 Å². The van der Waals surface area contributed by atoms with E-state index in [-0.39, 0.29) is 5.91 Å². The van der Waals surface area contributed by atoms with E-state index in [0.717, 1.165) is 42.2 Å². The largest absolute Gasteiger partial charge is 0.337 e. The zero-order chi connectivity index (χ0) is 14.8. The summed E-state index contributed by atoms with van der Waals surface area (Å²) in [7, 11) is 0. The van der Waals surface area contributed by atoms with Crippen LogP contribution in [0.4, 0.5) is 0 Å². The highest BCUT2D eigenvalue weighted by atomic mass is 16.2. The van der Waals surface area contributed by atoms with Crippen LogP contribution in [0.25, 0.3) is 0 Å². The summed E-state index contributed by atoms with van der Waals surface area (Å²) >= 11 is 0. The van der Waals surface area contributed by atoms with Crippen molar-refractivity contribution in [1.29, 1.82) is 0 Å². The van der Waals surface area contributed by atoms with Crippen LogP contribution in [0.2, 0.25) is 0 Å². The van der Waals surface area contributed by atoms with E-state index in [9.17, 15) is 4.79 Å². The van der Waals surface area contributed by atoms with Crippen LogP contribution in [0.5, 0.6) is 0 Å². The van der Waals surface area contributed by atoms with E-state index in [4.69, 9.17) is 0 Å². The molecule has 0 bridgehead atoms. The number of carbonyl (C=O) groups excluding carboxylic acids is 1. The van der Waals surface area contributed by atoms with E-state index in [2.05, 4.69) is 10.2 Å². The summed E-state index contributed by atoms with van der Waals surface area (Å²) in [4.78, 5) is 15.1. The Bertz CT molecular complexity index is 496. The van der Waals surface area contributed by atoms with Gasteiger partial charge in [0.15, 0.2) is 0 Å². The number of nitrogens with zero attached hydrogens (tertiary/aromatic N) is 1. The minimum absolute atomic E-state index is 0.228. The predicted octanol–water partition coefficient (Wildman–Crippen LogP) is 2.91. The summed E-state index contributed by atoms with van der Waals surface area (Å²) < 4.78 is 0. The molecule has 1 aromatic rings. The lowest BCUT2D eigenvalue weighted by molar-refractivity contribution is 0.0732. The molecule has 1 aromatic carbocycles. The van der Waals surface area contributed by atoms with Crippen LogP contribution in [0.15, 0.2) is 18.2 Å². The van der Waals surface area contributed by atoms with Crippen LogP contribution < -0.4 is 5.32 Å². The number of carbonyl (C=O) groups is 1. The van der Waals surface area contributed by atoms with Gasteiger partial charge in [0.25, 0.3) is 5.91 Å². The maximum absolute atomic E-state index is 13.0. The maximum atomic E-state index is 13.0. The Morgan fingerprint density at radius 3 is 2.48 bits per heavy atom. The third kappa shape index (κ3) is 3.46. The maximum Gasteiger partial charge on any atom is 0.254 e. The van der Waals surface area contributed by atoms with Crippen LogP contribution in [0, 0.1) is 19.8 Å². The molecule has 0 radical (unpaired) electrons. The van der Waals surface area contributed by atoms with Crippen molar-refractivity contribution in [2.75, 3.05) is 19.6 Å². The molecule has 0 aromatic heterocycles. The normalized spacial score (nSPS) is 21.5. The number of aryl methyl sites for hydroxylation is 2. The Labute approximate surface area is 127 Å². The molecule has 114 valence electrons. The highest BCUT2D eigenvalue weighted by molar-refractivity contribution is 5.97. The first kappa shape index (κ1) is 14.6. The second kappa shape index (κ2) is 6.18. The minimum Gasteiger partial charge on any atom is -0.337 e. The Morgan fingerprint density at radius 2 is 1.90 bits per heavy atom. The van der Waals surface area contributed by atoms with E-state index in [0.29, 0.717) is 6.04 Å². The first-order chi connectivity index (χ1) is 10.1. The fourth-order valence-electron chi connectivity index (χ4n) is 3.34. The molecule has 1 unspecified atom stereocenters. The molecule has 2 fully saturated rings. The van der Waals surface area contributed by atoms with Crippen LogP contribution in [0.3, 0.4) is 0 Å². The van der Waals surface area contributed by atoms with Gasteiger partial charge in [-0.2, -0.15) is 0 Å². The molecule has 1 amide bonds. The lowest BCUT2D eigenvalue weighted by Crippen LogP contribution is -2.42. The minimum atomic E-state index is 0.228. The van der Waals surface area contributed by atoms with E-state index < -0.39 is 0 Å². The van der Waals surface area contributed by atoms with Crippen molar-refractivity contribution in [2.24, 2.45) is 5.92 Å². The van der Waals surface area contributed by atoms with Crippen molar-refractivity contribution < 1.29 is 4.79 Å². The molecular weight excluding hydrogens is 260 g/mol. The highest BCUT2D eigenvalue weighted by Crippen LogP contribution is 2.31. The molecule has 21 heavy (non-hydrogen) atoms. The van der Waals surface area contributed by atoms with Gasteiger partial charge in [0.2, 0.25) is 0 Å². The molecular formula is C18H26N2O. The number of amides is 1. The van der Waals surface area contributed by atoms with Gasteiger partial charge < -0.3 is 10.2 Å². The van der Waals surface area contributed by atoms with Crippen molar-refractivity contribution in [3.8, 4) is 0 Å². The molecule has 1 N–H and O–H groups in total. The van der Waals surface area contributed by atoms with Crippen molar-refractivity contribution in [1.82, 2.24) is 10.2 Å². The van der Waals surface area contributed by atoms with E-state index in [1.807, 2.05) is 32.0 Å². The lowest BCUT2D eigenvalue weighted by Gasteiger charge is -2.27. The monoisotopic (exact) mass is 286 g/mol. The lowest BCUT2D eigenvalue weighted by atomic mass is 10.0. The van der Waals surface area contributed by atoms with Gasteiger partial charge >= 0.3 is 0 Å². The van der Waals surface area contributed by atoms with Crippen LogP contribution in [-0.2, 0) is 0 Å². The molecule has 1 aliphatic carbocycles. The van der Waals surface area contributed by atoms with Crippen molar-refractivity contribution in [3.63, 3.8) is 0 Å². The number of benzene rings is 1. The van der Waals surface area contributed by atoms with Crippen LogP contribution in [0.1, 0.15) is 47.2 Å². The SMILES string of the molecule is Cc1cccc(C)c1C(=O)N(CC1CC1)CC1CCCN1.